The molecule has 166 valence electrons. The van der Waals surface area contributed by atoms with Crippen LogP contribution in [0.2, 0.25) is 0 Å². The maximum Gasteiger partial charge on any atom is 0.326 e. The van der Waals surface area contributed by atoms with Gasteiger partial charge in [-0.05, 0) is 17.9 Å². The number of carbonyl (C=O) groups excluding carboxylic acids is 3. The number of carboxylic acids is 1. The lowest BCUT2D eigenvalue weighted by molar-refractivity contribution is -0.142. The third-order valence-corrected chi connectivity index (χ3v) is 4.61. The predicted molar refractivity (Wildman–Crippen MR) is 116 cm³/mol. The summed E-state index contributed by atoms with van der Waals surface area (Å²) in [6.45, 7) is 3.33. The lowest BCUT2D eigenvalue weighted by Gasteiger charge is -2.22. The average Bonchev–Trinajstić information content (AvgIpc) is 2.70. The number of hydrogen-bond acceptors (Lipinski definition) is 6. The maximum atomic E-state index is 12.8. The molecule has 30 heavy (non-hydrogen) atoms. The quantitative estimate of drug-likeness (QED) is 0.247. The first-order chi connectivity index (χ1) is 14.1. The highest BCUT2D eigenvalue weighted by atomic mass is 32.1. The lowest BCUT2D eigenvalue weighted by atomic mass is 10.0. The molecule has 10 heteroatoms. The molecular weight excluding hydrogens is 408 g/mol. The van der Waals surface area contributed by atoms with E-state index < -0.39 is 41.8 Å². The second-order valence-electron chi connectivity index (χ2n) is 7.35. The highest BCUT2D eigenvalue weighted by Crippen LogP contribution is 2.08. The van der Waals surface area contributed by atoms with Gasteiger partial charge in [0.1, 0.15) is 12.1 Å². The minimum Gasteiger partial charge on any atom is -0.480 e. The minimum absolute atomic E-state index is 0.0554. The second-order valence-corrected chi connectivity index (χ2v) is 7.71. The van der Waals surface area contributed by atoms with Gasteiger partial charge in [0.15, 0.2) is 0 Å². The molecule has 1 rings (SSSR count). The van der Waals surface area contributed by atoms with Crippen molar-refractivity contribution in [1.29, 1.82) is 0 Å². The molecule has 3 amide bonds. The summed E-state index contributed by atoms with van der Waals surface area (Å²) in [7, 11) is 0. The van der Waals surface area contributed by atoms with Crippen LogP contribution in [0.15, 0.2) is 30.3 Å². The summed E-state index contributed by atoms with van der Waals surface area (Å²) < 4.78 is 0. The van der Waals surface area contributed by atoms with Crippen molar-refractivity contribution < 1.29 is 24.3 Å². The van der Waals surface area contributed by atoms with Gasteiger partial charge in [-0.25, -0.2) is 4.79 Å². The van der Waals surface area contributed by atoms with Crippen LogP contribution in [-0.4, -0.2) is 59.2 Å². The minimum atomic E-state index is -1.14. The van der Waals surface area contributed by atoms with E-state index in [0.717, 1.165) is 5.56 Å². The third-order valence-electron chi connectivity index (χ3n) is 4.21. The Kier molecular flexibility index (Phi) is 10.9. The summed E-state index contributed by atoms with van der Waals surface area (Å²) in [6, 6.07) is 6.07. The van der Waals surface area contributed by atoms with Crippen molar-refractivity contribution in [3.63, 3.8) is 0 Å². The number of thiol groups is 1. The van der Waals surface area contributed by atoms with E-state index in [1.54, 1.807) is 24.3 Å². The van der Waals surface area contributed by atoms with Gasteiger partial charge in [-0.15, -0.1) is 0 Å². The molecule has 0 spiro atoms. The molecule has 1 aromatic rings. The average molecular weight is 439 g/mol. The Morgan fingerprint density at radius 1 is 1.03 bits per heavy atom. The van der Waals surface area contributed by atoms with Crippen LogP contribution in [-0.2, 0) is 25.6 Å². The van der Waals surface area contributed by atoms with E-state index in [9.17, 15) is 24.3 Å². The van der Waals surface area contributed by atoms with Crippen LogP contribution in [0.25, 0.3) is 0 Å². The van der Waals surface area contributed by atoms with E-state index in [4.69, 9.17) is 5.73 Å². The van der Waals surface area contributed by atoms with E-state index >= 15 is 0 Å². The van der Waals surface area contributed by atoms with E-state index in [1.165, 1.54) is 0 Å². The number of rotatable bonds is 12. The second kappa shape index (κ2) is 12.9. The first-order valence-corrected chi connectivity index (χ1v) is 10.3. The fourth-order valence-electron chi connectivity index (χ4n) is 2.65. The molecule has 0 saturated carbocycles. The molecule has 3 atom stereocenters. The Balaban J connectivity index is 2.85. The van der Waals surface area contributed by atoms with Crippen molar-refractivity contribution in [3.05, 3.63) is 35.9 Å². The van der Waals surface area contributed by atoms with Gasteiger partial charge in [0.05, 0.1) is 12.6 Å². The number of benzene rings is 1. The van der Waals surface area contributed by atoms with Crippen molar-refractivity contribution in [1.82, 2.24) is 16.0 Å². The topological polar surface area (TPSA) is 151 Å². The van der Waals surface area contributed by atoms with Gasteiger partial charge >= 0.3 is 5.97 Å². The third kappa shape index (κ3) is 9.27. The highest BCUT2D eigenvalue weighted by molar-refractivity contribution is 7.80. The SMILES string of the molecule is CC(C)CC(NC(=O)C(Cc1ccccc1)NC(=O)CNC(=O)C(N)CS)C(=O)O. The molecule has 0 fully saturated rings. The number of amides is 3. The molecule has 0 aliphatic rings. The van der Waals surface area contributed by atoms with Gasteiger partial charge in [0, 0.05) is 12.2 Å². The van der Waals surface area contributed by atoms with Crippen LogP contribution in [0.4, 0.5) is 0 Å². The van der Waals surface area contributed by atoms with Crippen molar-refractivity contribution in [2.75, 3.05) is 12.3 Å². The van der Waals surface area contributed by atoms with Crippen molar-refractivity contribution >= 4 is 36.3 Å². The van der Waals surface area contributed by atoms with Gasteiger partial charge < -0.3 is 26.8 Å². The van der Waals surface area contributed by atoms with E-state index in [1.807, 2.05) is 19.9 Å². The number of carbonyl (C=O) groups is 4. The molecule has 0 heterocycles. The molecule has 1 aromatic carbocycles. The number of carboxylic acid groups (broad SMARTS) is 1. The molecule has 0 aromatic heterocycles. The molecule has 0 bridgehead atoms. The Morgan fingerprint density at radius 2 is 1.67 bits per heavy atom. The molecule has 0 aliphatic carbocycles. The van der Waals surface area contributed by atoms with Gasteiger partial charge in [0.2, 0.25) is 17.7 Å². The lowest BCUT2D eigenvalue weighted by Crippen LogP contribution is -2.54. The van der Waals surface area contributed by atoms with Gasteiger partial charge in [-0.2, -0.15) is 12.6 Å². The zero-order chi connectivity index (χ0) is 22.7. The van der Waals surface area contributed by atoms with Crippen LogP contribution in [0.5, 0.6) is 0 Å². The largest absolute Gasteiger partial charge is 0.480 e. The predicted octanol–water partition coefficient (Wildman–Crippen LogP) is -0.297. The Hall–Kier alpha value is -2.59. The number of hydrogen-bond donors (Lipinski definition) is 6. The summed E-state index contributed by atoms with van der Waals surface area (Å²) in [5, 5.41) is 16.8. The summed E-state index contributed by atoms with van der Waals surface area (Å²) in [6.07, 6.45) is 0.418. The molecule has 0 saturated heterocycles. The fourth-order valence-corrected chi connectivity index (χ4v) is 2.82. The molecule has 0 aliphatic heterocycles. The smallest absolute Gasteiger partial charge is 0.326 e. The summed E-state index contributed by atoms with van der Waals surface area (Å²) in [5.41, 5.74) is 6.32. The summed E-state index contributed by atoms with van der Waals surface area (Å²) in [4.78, 5) is 48.2. The van der Waals surface area contributed by atoms with Crippen LogP contribution in [0, 0.1) is 5.92 Å². The van der Waals surface area contributed by atoms with Gasteiger partial charge in [-0.1, -0.05) is 44.2 Å². The van der Waals surface area contributed by atoms with E-state index in [0.29, 0.717) is 0 Å². The Labute approximate surface area is 181 Å². The molecule has 0 radical (unpaired) electrons. The monoisotopic (exact) mass is 438 g/mol. The van der Waals surface area contributed by atoms with E-state index in [-0.39, 0.29) is 31.1 Å². The Morgan fingerprint density at radius 3 is 2.20 bits per heavy atom. The van der Waals surface area contributed by atoms with Crippen LogP contribution in [0.1, 0.15) is 25.8 Å². The Bertz CT molecular complexity index is 729. The fraction of sp³-hybridized carbons (Fsp3) is 0.500. The van der Waals surface area contributed by atoms with Crippen LogP contribution >= 0.6 is 12.6 Å². The first-order valence-electron chi connectivity index (χ1n) is 9.64. The normalized spacial score (nSPS) is 13.8. The molecule has 9 nitrogen and oxygen atoms in total. The van der Waals surface area contributed by atoms with Gasteiger partial charge in [-0.3, -0.25) is 14.4 Å². The standard InChI is InChI=1S/C20H30N4O5S/c1-12(2)8-16(20(28)29)24-19(27)15(9-13-6-4-3-5-7-13)23-17(25)10-22-18(26)14(21)11-30/h3-7,12,14-16,30H,8-11,21H2,1-2H3,(H,22,26)(H,23,25)(H,24,27)(H,28,29). The molecule has 6 N–H and O–H groups in total. The number of aliphatic carboxylic acids is 1. The van der Waals surface area contributed by atoms with E-state index in [2.05, 4.69) is 28.6 Å². The first kappa shape index (κ1) is 25.4. The summed E-state index contributed by atoms with van der Waals surface area (Å²) in [5.74, 6) is -2.71. The maximum absolute atomic E-state index is 12.8. The zero-order valence-corrected chi connectivity index (χ0v) is 18.0. The van der Waals surface area contributed by atoms with Gasteiger partial charge in [0.25, 0.3) is 0 Å². The molecular formula is C20H30N4O5S. The summed E-state index contributed by atoms with van der Waals surface area (Å²) >= 11 is 3.92. The van der Waals surface area contributed by atoms with Crippen molar-refractivity contribution in [2.24, 2.45) is 11.7 Å². The van der Waals surface area contributed by atoms with Crippen LogP contribution < -0.4 is 21.7 Å². The van der Waals surface area contributed by atoms with Crippen molar-refractivity contribution in [3.8, 4) is 0 Å². The highest BCUT2D eigenvalue weighted by Gasteiger charge is 2.27. The van der Waals surface area contributed by atoms with Crippen molar-refractivity contribution in [2.45, 2.75) is 44.8 Å². The van der Waals surface area contributed by atoms with Crippen LogP contribution in [0.3, 0.4) is 0 Å². The molecule has 3 unspecified atom stereocenters. The number of nitrogens with two attached hydrogens (primary N) is 1. The number of nitrogens with one attached hydrogen (secondary N) is 3. The zero-order valence-electron chi connectivity index (χ0n) is 17.1.